The van der Waals surface area contributed by atoms with Gasteiger partial charge in [0, 0.05) is 29.2 Å². The largest absolute Gasteiger partial charge is 0.508 e. The van der Waals surface area contributed by atoms with Crippen molar-refractivity contribution in [3.8, 4) is 5.75 Å². The molecule has 2 N–H and O–H groups in total. The van der Waals surface area contributed by atoms with Crippen LogP contribution in [0.5, 0.6) is 5.75 Å². The maximum absolute atomic E-state index is 9.73. The molecule has 1 aromatic heterocycles. The number of hydrogen-bond donors (Lipinski definition) is 2. The Bertz CT molecular complexity index is 496. The minimum Gasteiger partial charge on any atom is -0.508 e. The second-order valence-corrected chi connectivity index (χ2v) is 5.35. The maximum Gasteiger partial charge on any atom is 0.120 e. The van der Waals surface area contributed by atoms with E-state index >= 15 is 0 Å². The lowest BCUT2D eigenvalue weighted by atomic mass is 10.1. The quantitative estimate of drug-likeness (QED) is 0.874. The van der Waals surface area contributed by atoms with Crippen LogP contribution in [-0.4, -0.2) is 10.1 Å². The molecule has 0 bridgehead atoms. The number of aromatic hydroxyl groups is 1. The number of hydrogen-bond acceptors (Lipinski definition) is 4. The fourth-order valence-corrected chi connectivity index (χ4v) is 2.43. The van der Waals surface area contributed by atoms with Gasteiger partial charge in [0.15, 0.2) is 0 Å². The Kier molecular flexibility index (Phi) is 3.76. The van der Waals surface area contributed by atoms with Crippen molar-refractivity contribution < 1.29 is 5.11 Å². The van der Waals surface area contributed by atoms with E-state index in [1.807, 2.05) is 38.2 Å². The summed E-state index contributed by atoms with van der Waals surface area (Å²) in [7, 11) is 0. The summed E-state index contributed by atoms with van der Waals surface area (Å²) in [6, 6.07) is 7.51. The molecule has 0 aliphatic rings. The summed E-state index contributed by atoms with van der Waals surface area (Å²) in [5, 5.41) is 14.2. The number of rotatable bonds is 4. The zero-order valence-corrected chi connectivity index (χ0v) is 10.8. The number of phenolic OH excluding ortho intramolecular Hbond substituents is 1. The van der Waals surface area contributed by atoms with Crippen LogP contribution in [0.2, 0.25) is 0 Å². The van der Waals surface area contributed by atoms with Gasteiger partial charge in [0.1, 0.15) is 10.8 Å². The Labute approximate surface area is 105 Å². The third-order valence-corrected chi connectivity index (χ3v) is 3.54. The zero-order valence-electron chi connectivity index (χ0n) is 9.97. The number of phenols is 1. The normalized spacial score (nSPS) is 12.6. The second kappa shape index (κ2) is 5.29. The molecule has 0 spiro atoms. The molecule has 4 heteroatoms. The molecule has 1 atom stereocenters. The van der Waals surface area contributed by atoms with Gasteiger partial charge < -0.3 is 10.4 Å². The molecule has 0 radical (unpaired) electrons. The van der Waals surface area contributed by atoms with Gasteiger partial charge in [0.25, 0.3) is 0 Å². The first kappa shape index (κ1) is 12.1. The molecule has 2 aromatic rings. The minimum atomic E-state index is 0.111. The molecule has 3 nitrogen and oxygen atoms in total. The summed E-state index contributed by atoms with van der Waals surface area (Å²) in [6.07, 6.45) is 1.88. The summed E-state index contributed by atoms with van der Waals surface area (Å²) in [5.41, 5.74) is 0.917. The molecule has 1 aromatic carbocycles. The minimum absolute atomic E-state index is 0.111. The maximum atomic E-state index is 9.73. The predicted octanol–water partition coefficient (Wildman–Crippen LogP) is 3.01. The summed E-state index contributed by atoms with van der Waals surface area (Å²) < 4.78 is 0. The molecule has 90 valence electrons. The zero-order chi connectivity index (χ0) is 12.3. The van der Waals surface area contributed by atoms with Crippen molar-refractivity contribution in [2.75, 3.05) is 0 Å². The fourth-order valence-electron chi connectivity index (χ4n) is 1.69. The van der Waals surface area contributed by atoms with Gasteiger partial charge in [-0.1, -0.05) is 18.2 Å². The lowest BCUT2D eigenvalue weighted by molar-refractivity contribution is 0.452. The van der Waals surface area contributed by atoms with Crippen LogP contribution in [0.15, 0.2) is 30.5 Å². The number of nitrogens with one attached hydrogen (secondary N) is 1. The lowest BCUT2D eigenvalue weighted by Crippen LogP contribution is -2.17. The SMILES string of the molecule is Cc1cnc(CNC(C)c2ccccc2O)s1. The number of benzene rings is 1. The van der Waals surface area contributed by atoms with Gasteiger partial charge in [0.05, 0.1) is 0 Å². The van der Waals surface area contributed by atoms with Gasteiger partial charge in [0.2, 0.25) is 0 Å². The Morgan fingerprint density at radius 3 is 2.82 bits per heavy atom. The number of aromatic nitrogens is 1. The van der Waals surface area contributed by atoms with Gasteiger partial charge in [-0.05, 0) is 19.9 Å². The summed E-state index contributed by atoms with van der Waals surface area (Å²) in [4.78, 5) is 5.52. The van der Waals surface area contributed by atoms with Gasteiger partial charge in [-0.15, -0.1) is 11.3 Å². The Hall–Kier alpha value is -1.39. The first-order valence-corrected chi connectivity index (χ1v) is 6.41. The average Bonchev–Trinajstić information content (AvgIpc) is 2.73. The lowest BCUT2D eigenvalue weighted by Gasteiger charge is -2.14. The molecule has 0 saturated carbocycles. The molecule has 1 unspecified atom stereocenters. The van der Waals surface area contributed by atoms with Crippen molar-refractivity contribution in [2.45, 2.75) is 26.4 Å². The molecule has 17 heavy (non-hydrogen) atoms. The van der Waals surface area contributed by atoms with Gasteiger partial charge >= 0.3 is 0 Å². The van der Waals surface area contributed by atoms with Crippen LogP contribution < -0.4 is 5.32 Å². The number of nitrogens with zero attached hydrogens (tertiary/aromatic N) is 1. The molecule has 0 saturated heterocycles. The third-order valence-electron chi connectivity index (χ3n) is 2.63. The highest BCUT2D eigenvalue weighted by Gasteiger charge is 2.09. The molecule has 2 rings (SSSR count). The van der Waals surface area contributed by atoms with E-state index in [0.29, 0.717) is 5.75 Å². The second-order valence-electron chi connectivity index (χ2n) is 4.03. The topological polar surface area (TPSA) is 45.2 Å². The fraction of sp³-hybridized carbons (Fsp3) is 0.308. The molecule has 0 aliphatic carbocycles. The van der Waals surface area contributed by atoms with Gasteiger partial charge in [-0.3, -0.25) is 0 Å². The predicted molar refractivity (Wildman–Crippen MR) is 70.2 cm³/mol. The van der Waals surface area contributed by atoms with Crippen molar-refractivity contribution in [2.24, 2.45) is 0 Å². The first-order chi connectivity index (χ1) is 8.16. The molecule has 0 aliphatic heterocycles. The van der Waals surface area contributed by atoms with Gasteiger partial charge in [-0.25, -0.2) is 4.98 Å². The van der Waals surface area contributed by atoms with E-state index in [9.17, 15) is 5.11 Å². The van der Waals surface area contributed by atoms with Crippen LogP contribution in [-0.2, 0) is 6.54 Å². The standard InChI is InChI=1S/C13H16N2OS/c1-9-7-15-13(17-9)8-14-10(2)11-5-3-4-6-12(11)16/h3-7,10,14,16H,8H2,1-2H3. The van der Waals surface area contributed by atoms with Crippen LogP contribution in [0.3, 0.4) is 0 Å². The van der Waals surface area contributed by atoms with Crippen LogP contribution in [0.4, 0.5) is 0 Å². The van der Waals surface area contributed by atoms with Crippen molar-refractivity contribution >= 4 is 11.3 Å². The summed E-state index contributed by atoms with van der Waals surface area (Å²) in [5.74, 6) is 0.336. The van der Waals surface area contributed by atoms with Crippen molar-refractivity contribution in [3.63, 3.8) is 0 Å². The highest BCUT2D eigenvalue weighted by molar-refractivity contribution is 7.11. The number of para-hydroxylation sites is 1. The molecule has 0 fully saturated rings. The van der Waals surface area contributed by atoms with E-state index in [-0.39, 0.29) is 6.04 Å². The molecular formula is C13H16N2OS. The smallest absolute Gasteiger partial charge is 0.120 e. The van der Waals surface area contributed by atoms with Crippen molar-refractivity contribution in [1.82, 2.24) is 10.3 Å². The number of thiazole rings is 1. The van der Waals surface area contributed by atoms with E-state index in [2.05, 4.69) is 10.3 Å². The molecular weight excluding hydrogens is 232 g/mol. The first-order valence-electron chi connectivity index (χ1n) is 5.59. The Balaban J connectivity index is 1.98. The van der Waals surface area contributed by atoms with E-state index in [4.69, 9.17) is 0 Å². The number of aryl methyl sites for hydroxylation is 1. The highest BCUT2D eigenvalue weighted by atomic mass is 32.1. The van der Waals surface area contributed by atoms with E-state index in [1.54, 1.807) is 17.4 Å². The van der Waals surface area contributed by atoms with E-state index in [1.165, 1.54) is 4.88 Å². The highest BCUT2D eigenvalue weighted by Crippen LogP contribution is 2.23. The molecule has 0 amide bonds. The van der Waals surface area contributed by atoms with Crippen molar-refractivity contribution in [1.29, 1.82) is 0 Å². The Morgan fingerprint density at radius 2 is 2.18 bits per heavy atom. The molecule has 1 heterocycles. The van der Waals surface area contributed by atoms with E-state index in [0.717, 1.165) is 17.1 Å². The average molecular weight is 248 g/mol. The van der Waals surface area contributed by atoms with E-state index < -0.39 is 0 Å². The van der Waals surface area contributed by atoms with Crippen LogP contribution >= 0.6 is 11.3 Å². The summed E-state index contributed by atoms with van der Waals surface area (Å²) in [6.45, 7) is 4.82. The third kappa shape index (κ3) is 3.05. The van der Waals surface area contributed by atoms with Crippen LogP contribution in [0, 0.1) is 6.92 Å². The van der Waals surface area contributed by atoms with Crippen LogP contribution in [0.25, 0.3) is 0 Å². The van der Waals surface area contributed by atoms with Crippen LogP contribution in [0.1, 0.15) is 28.4 Å². The van der Waals surface area contributed by atoms with Gasteiger partial charge in [-0.2, -0.15) is 0 Å². The van der Waals surface area contributed by atoms with Crippen molar-refractivity contribution in [3.05, 3.63) is 45.9 Å². The summed E-state index contributed by atoms with van der Waals surface area (Å²) >= 11 is 1.69. The monoisotopic (exact) mass is 248 g/mol. The Morgan fingerprint density at radius 1 is 1.41 bits per heavy atom.